The molecule has 0 atom stereocenters. The predicted molar refractivity (Wildman–Crippen MR) is 57.5 cm³/mol. The van der Waals surface area contributed by atoms with Gasteiger partial charge in [0, 0.05) is 34.2 Å². The first-order chi connectivity index (χ1) is 8.04. The monoisotopic (exact) mass is 484 g/mol. The first kappa shape index (κ1) is 31.3. The zero-order valence-corrected chi connectivity index (χ0v) is 14.3. The van der Waals surface area contributed by atoms with Crippen molar-refractivity contribution >= 4 is 0 Å². The van der Waals surface area contributed by atoms with Gasteiger partial charge in [0.05, 0.1) is 0 Å². The van der Waals surface area contributed by atoms with E-state index in [9.17, 15) is 0 Å². The van der Waals surface area contributed by atoms with Crippen LogP contribution in [0.15, 0.2) is 18.5 Å². The summed E-state index contributed by atoms with van der Waals surface area (Å²) in [5.41, 5.74) is 0. The molecule has 0 rings (SSSR count). The van der Waals surface area contributed by atoms with Gasteiger partial charge in [0.2, 0.25) is 0 Å². The summed E-state index contributed by atoms with van der Waals surface area (Å²) in [6.07, 6.45) is 0. The SMILES string of the molecule is C=C.CN(C)CCN(C)C.O=N[O-].[O-][Cl+3]([O-])([O-])[O-].[Pt]. The molecule has 0 saturated carbocycles. The Kier molecular flexibility index (Phi) is 37.9. The molecule has 122 valence electrons. The fraction of sp³-hybridized carbons (Fsp3) is 0.750. The molecular weight excluding hydrogens is 465 g/mol. The van der Waals surface area contributed by atoms with Gasteiger partial charge in [-0.3, -0.25) is 0 Å². The van der Waals surface area contributed by atoms with Crippen LogP contribution in [0.3, 0.4) is 0 Å². The van der Waals surface area contributed by atoms with Gasteiger partial charge in [-0.2, -0.15) is 0 Å². The number of likely N-dealkylation sites (N-methyl/N-ethyl adjacent to an activating group) is 2. The third kappa shape index (κ3) is 189. The van der Waals surface area contributed by atoms with Crippen LogP contribution in [0.2, 0.25) is 0 Å². The van der Waals surface area contributed by atoms with Crippen LogP contribution in [0.1, 0.15) is 0 Å². The second-order valence-electron chi connectivity index (χ2n) is 3.06. The van der Waals surface area contributed by atoms with Crippen LogP contribution in [-0.4, -0.2) is 51.1 Å². The van der Waals surface area contributed by atoms with Crippen molar-refractivity contribution in [2.75, 3.05) is 41.3 Å². The topological polar surface area (TPSA) is 151 Å². The number of hydrogen-bond acceptors (Lipinski definition) is 9. The van der Waals surface area contributed by atoms with E-state index in [1.165, 1.54) is 0 Å². The van der Waals surface area contributed by atoms with Gasteiger partial charge in [-0.1, -0.05) is 0 Å². The Morgan fingerprint density at radius 3 is 1.11 bits per heavy atom. The molecule has 0 bridgehead atoms. The minimum Gasteiger partial charge on any atom is -0.444 e. The summed E-state index contributed by atoms with van der Waals surface area (Å²) in [6, 6.07) is 0. The molecule has 0 unspecified atom stereocenters. The van der Waals surface area contributed by atoms with Crippen LogP contribution >= 0.6 is 0 Å². The largest absolute Gasteiger partial charge is 0.444 e. The summed E-state index contributed by atoms with van der Waals surface area (Å²) < 4.78 is 34.0. The molecule has 0 aliphatic carbocycles. The van der Waals surface area contributed by atoms with E-state index in [1.54, 1.807) is 0 Å². The van der Waals surface area contributed by atoms with Crippen molar-refractivity contribution in [3.63, 3.8) is 0 Å². The summed E-state index contributed by atoms with van der Waals surface area (Å²) in [5, 5.41) is 9.00. The molecular formula is C8H20ClN3O6Pt-2. The second kappa shape index (κ2) is 23.0. The molecule has 0 saturated heterocycles. The summed E-state index contributed by atoms with van der Waals surface area (Å²) >= 11 is 0. The molecule has 0 aromatic carbocycles. The van der Waals surface area contributed by atoms with Crippen molar-refractivity contribution in [3.8, 4) is 0 Å². The van der Waals surface area contributed by atoms with E-state index in [-0.39, 0.29) is 21.1 Å². The van der Waals surface area contributed by atoms with Gasteiger partial charge in [-0.25, -0.2) is 18.6 Å². The van der Waals surface area contributed by atoms with Crippen LogP contribution in [-0.2, 0) is 21.1 Å². The number of rotatable bonds is 3. The van der Waals surface area contributed by atoms with Gasteiger partial charge < -0.3 is 19.9 Å². The molecule has 0 aromatic heterocycles. The van der Waals surface area contributed by atoms with Gasteiger partial charge in [0.15, 0.2) is 0 Å². The molecule has 0 spiro atoms. The Balaban J connectivity index is -0.0000000516. The molecule has 0 radical (unpaired) electrons. The standard InChI is InChI=1S/C6H16N2.C2H4.ClHO4.HNO2.Pt/c1-7(2)5-6-8(3)4;1-2;2-1(3,4)5;2-1-3;/h5-6H2,1-4H3;1-2H2;(H,2,3,4,5);(H,2,3);/p-2. The third-order valence-corrected chi connectivity index (χ3v) is 0.994. The van der Waals surface area contributed by atoms with Crippen LogP contribution < -0.4 is 18.6 Å². The molecule has 0 aliphatic rings. The fourth-order valence-electron chi connectivity index (χ4n) is 0.400. The van der Waals surface area contributed by atoms with Gasteiger partial charge in [0.25, 0.3) is 0 Å². The molecule has 0 aliphatic heterocycles. The summed E-state index contributed by atoms with van der Waals surface area (Å²) in [4.78, 5) is 12.4. The minimum atomic E-state index is -4.94. The number of halogens is 1. The zero-order valence-electron chi connectivity index (χ0n) is 11.3. The molecule has 0 heterocycles. The van der Waals surface area contributed by atoms with Crippen LogP contribution in [0, 0.1) is 20.4 Å². The van der Waals surface area contributed by atoms with E-state index < -0.39 is 10.2 Å². The molecule has 0 N–H and O–H groups in total. The Bertz CT molecular complexity index is 157. The number of hydrogen-bond donors (Lipinski definition) is 0. The second-order valence-corrected chi connectivity index (χ2v) is 3.81. The Morgan fingerprint density at radius 1 is 0.947 bits per heavy atom. The average molecular weight is 485 g/mol. The molecule has 0 fully saturated rings. The molecule has 9 nitrogen and oxygen atoms in total. The minimum absolute atomic E-state index is 0. The van der Waals surface area contributed by atoms with Gasteiger partial charge >= 0.3 is 0 Å². The average Bonchev–Trinajstić information content (AvgIpc) is 2.16. The van der Waals surface area contributed by atoms with E-state index in [0.29, 0.717) is 0 Å². The Labute approximate surface area is 130 Å². The maximum absolute atomic E-state index is 8.49. The van der Waals surface area contributed by atoms with E-state index in [1.807, 2.05) is 0 Å². The fourth-order valence-corrected chi connectivity index (χ4v) is 0.400. The van der Waals surface area contributed by atoms with Crippen molar-refractivity contribution in [1.82, 2.24) is 9.80 Å². The quantitative estimate of drug-likeness (QED) is 0.226. The van der Waals surface area contributed by atoms with E-state index in [4.69, 9.17) is 28.8 Å². The summed E-state index contributed by atoms with van der Waals surface area (Å²) in [6.45, 7) is 8.29. The van der Waals surface area contributed by atoms with Gasteiger partial charge in [-0.15, -0.1) is 28.7 Å². The maximum atomic E-state index is 8.49. The Hall–Kier alpha value is -0.122. The van der Waals surface area contributed by atoms with Crippen molar-refractivity contribution in [1.29, 1.82) is 0 Å². The molecule has 0 amide bonds. The van der Waals surface area contributed by atoms with Gasteiger partial charge in [0.1, 0.15) is 0 Å². The van der Waals surface area contributed by atoms with Gasteiger partial charge in [-0.05, 0) is 28.2 Å². The zero-order chi connectivity index (χ0) is 15.8. The Morgan fingerprint density at radius 2 is 1.05 bits per heavy atom. The molecule has 19 heavy (non-hydrogen) atoms. The smallest absolute Gasteiger partial charge is 0.0103 e. The van der Waals surface area contributed by atoms with Crippen LogP contribution in [0.25, 0.3) is 0 Å². The maximum Gasteiger partial charge on any atom is 0.0103 e. The van der Waals surface area contributed by atoms with Crippen LogP contribution in [0.5, 0.6) is 0 Å². The molecule has 11 heteroatoms. The first-order valence-electron chi connectivity index (χ1n) is 4.40. The first-order valence-corrected chi connectivity index (χ1v) is 5.64. The van der Waals surface area contributed by atoms with Crippen molar-refractivity contribution in [2.45, 2.75) is 0 Å². The van der Waals surface area contributed by atoms with Crippen molar-refractivity contribution < 1.29 is 49.9 Å². The summed E-state index contributed by atoms with van der Waals surface area (Å²) in [5.74, 6) is 0. The van der Waals surface area contributed by atoms with Crippen LogP contribution in [0.4, 0.5) is 0 Å². The van der Waals surface area contributed by atoms with E-state index in [0.717, 1.165) is 18.4 Å². The normalized spacial score (nSPS) is 8.74. The summed E-state index contributed by atoms with van der Waals surface area (Å²) in [7, 11) is 3.40. The van der Waals surface area contributed by atoms with Crippen molar-refractivity contribution in [3.05, 3.63) is 23.3 Å². The molecule has 0 aromatic rings. The number of nitrogens with zero attached hydrogens (tertiary/aromatic N) is 3. The van der Waals surface area contributed by atoms with Crippen molar-refractivity contribution in [2.24, 2.45) is 5.34 Å². The van der Waals surface area contributed by atoms with E-state index in [2.05, 4.69) is 51.1 Å². The van der Waals surface area contributed by atoms with E-state index >= 15 is 0 Å². The predicted octanol–water partition coefficient (Wildman–Crippen LogP) is -3.60. The third-order valence-electron chi connectivity index (χ3n) is 0.994.